The SMILES string of the molecule is O=CCCCCC1C2C3CS132. The predicted molar refractivity (Wildman–Crippen MR) is 48.4 cm³/mol. The van der Waals surface area contributed by atoms with Crippen molar-refractivity contribution in [3.05, 3.63) is 0 Å². The van der Waals surface area contributed by atoms with Gasteiger partial charge in [-0.05, 0) is 18.6 Å². The van der Waals surface area contributed by atoms with Crippen molar-refractivity contribution in [2.24, 2.45) is 0 Å². The third-order valence-corrected chi connectivity index (χ3v) is 8.41. The molecule has 1 nitrogen and oxygen atoms in total. The number of aldehydes is 1. The van der Waals surface area contributed by atoms with E-state index in [2.05, 4.69) is 0 Å². The summed E-state index contributed by atoms with van der Waals surface area (Å²) < 4.78 is 0. The lowest BCUT2D eigenvalue weighted by Crippen LogP contribution is -1.99. The highest BCUT2D eigenvalue weighted by Crippen LogP contribution is 3.09. The summed E-state index contributed by atoms with van der Waals surface area (Å²) in [5.74, 6) is 1.65. The van der Waals surface area contributed by atoms with Crippen LogP contribution in [0.2, 0.25) is 0 Å². The van der Waals surface area contributed by atoms with Gasteiger partial charge in [-0.1, -0.05) is 6.42 Å². The fraction of sp³-hybridized carbons (Fsp3) is 0.889. The van der Waals surface area contributed by atoms with Gasteiger partial charge in [-0.3, -0.25) is 0 Å². The van der Waals surface area contributed by atoms with Gasteiger partial charge in [-0.2, -0.15) is 0 Å². The van der Waals surface area contributed by atoms with E-state index in [0.717, 1.165) is 19.1 Å². The minimum absolute atomic E-state index is 0.200. The average molecular weight is 170 g/mol. The lowest BCUT2D eigenvalue weighted by atomic mass is 10.1. The van der Waals surface area contributed by atoms with Crippen LogP contribution in [0.5, 0.6) is 0 Å². The van der Waals surface area contributed by atoms with Gasteiger partial charge in [-0.15, -0.1) is 0 Å². The highest BCUT2D eigenvalue weighted by Gasteiger charge is 2.93. The van der Waals surface area contributed by atoms with Crippen molar-refractivity contribution in [2.75, 3.05) is 5.75 Å². The fourth-order valence-electron chi connectivity index (χ4n) is 2.69. The highest BCUT2D eigenvalue weighted by atomic mass is 32.3. The Kier molecular flexibility index (Phi) is 1.09. The number of unbranched alkanes of at least 4 members (excludes halogenated alkanes) is 2. The first-order valence-corrected chi connectivity index (χ1v) is 6.61. The molecule has 3 rings (SSSR count). The molecule has 62 valence electrons. The number of carbonyl (C=O) groups is 1. The zero-order chi connectivity index (χ0) is 7.47. The van der Waals surface area contributed by atoms with Gasteiger partial charge in [0.25, 0.3) is 0 Å². The molecule has 2 heteroatoms. The van der Waals surface area contributed by atoms with Gasteiger partial charge >= 0.3 is 0 Å². The van der Waals surface area contributed by atoms with Crippen LogP contribution in [0.25, 0.3) is 0 Å². The summed E-state index contributed by atoms with van der Waals surface area (Å²) in [6.45, 7) is 0. The van der Waals surface area contributed by atoms with Crippen LogP contribution >= 0.6 is 10.0 Å². The van der Waals surface area contributed by atoms with E-state index in [1.807, 2.05) is 0 Å². The Bertz CT molecular complexity index is 216. The minimum atomic E-state index is 0.200. The summed E-state index contributed by atoms with van der Waals surface area (Å²) in [6, 6.07) is 0. The quantitative estimate of drug-likeness (QED) is 0.349. The molecule has 4 atom stereocenters. The largest absolute Gasteiger partial charge is 0.303 e. The van der Waals surface area contributed by atoms with E-state index < -0.39 is 0 Å². The molecular weight excluding hydrogens is 156 g/mol. The lowest BCUT2D eigenvalue weighted by molar-refractivity contribution is -0.107. The van der Waals surface area contributed by atoms with E-state index in [9.17, 15) is 4.79 Å². The number of fused-ring (bicyclic) bond motifs is 1. The molecule has 0 amide bonds. The average Bonchev–Trinajstić information content (AvgIpc) is 2.84. The maximum Gasteiger partial charge on any atom is 0.119 e. The van der Waals surface area contributed by atoms with Crippen molar-refractivity contribution in [3.63, 3.8) is 0 Å². The molecule has 0 aliphatic carbocycles. The summed E-state index contributed by atoms with van der Waals surface area (Å²) >= 11 is 0. The summed E-state index contributed by atoms with van der Waals surface area (Å²) in [6.07, 6.45) is 5.78. The number of hydrogen-bond acceptors (Lipinski definition) is 1. The molecular formula is C9H14OS. The van der Waals surface area contributed by atoms with Crippen molar-refractivity contribution in [3.8, 4) is 0 Å². The Morgan fingerprint density at radius 3 is 2.82 bits per heavy atom. The first kappa shape index (κ1) is 6.53. The zero-order valence-corrected chi connectivity index (χ0v) is 7.48. The molecule has 3 aliphatic heterocycles. The molecule has 0 saturated carbocycles. The third-order valence-electron chi connectivity index (χ3n) is 3.61. The maximum absolute atomic E-state index is 10.0. The first-order valence-electron chi connectivity index (χ1n) is 4.62. The topological polar surface area (TPSA) is 17.1 Å². The van der Waals surface area contributed by atoms with Gasteiger partial charge in [0, 0.05) is 22.2 Å². The predicted octanol–water partition coefficient (Wildman–Crippen LogP) is 1.70. The third kappa shape index (κ3) is 0.670. The van der Waals surface area contributed by atoms with Crippen LogP contribution < -0.4 is 0 Å². The Morgan fingerprint density at radius 2 is 2.27 bits per heavy atom. The minimum Gasteiger partial charge on any atom is -0.303 e. The number of carbonyl (C=O) groups excluding carboxylic acids is 1. The molecule has 0 radical (unpaired) electrons. The normalized spacial score (nSPS) is 60.2. The molecule has 3 aliphatic rings. The van der Waals surface area contributed by atoms with E-state index in [0.29, 0.717) is 0 Å². The van der Waals surface area contributed by atoms with Crippen molar-refractivity contribution >= 4 is 16.3 Å². The fourth-order valence-corrected chi connectivity index (χ4v) is 8.03. The van der Waals surface area contributed by atoms with Crippen molar-refractivity contribution in [2.45, 2.75) is 41.4 Å². The van der Waals surface area contributed by atoms with Gasteiger partial charge in [0.05, 0.1) is 0 Å². The van der Waals surface area contributed by atoms with Gasteiger partial charge in [-0.25, -0.2) is 10.0 Å². The Morgan fingerprint density at radius 1 is 1.45 bits per heavy atom. The Balaban J connectivity index is 1.33. The van der Waals surface area contributed by atoms with Gasteiger partial charge in [0.1, 0.15) is 6.29 Å². The molecule has 4 unspecified atom stereocenters. The van der Waals surface area contributed by atoms with Crippen LogP contribution in [-0.2, 0) is 4.79 Å². The second kappa shape index (κ2) is 1.85. The number of rotatable bonds is 5. The summed E-state index contributed by atoms with van der Waals surface area (Å²) in [5, 5.41) is 3.77. The smallest absolute Gasteiger partial charge is 0.119 e. The van der Waals surface area contributed by atoms with E-state index in [4.69, 9.17) is 0 Å². The maximum atomic E-state index is 10.0. The zero-order valence-electron chi connectivity index (χ0n) is 6.66. The Hall–Kier alpha value is 0.0200. The second-order valence-corrected chi connectivity index (χ2v) is 7.97. The highest BCUT2D eigenvalue weighted by molar-refractivity contribution is 8.54. The molecule has 11 heavy (non-hydrogen) atoms. The van der Waals surface area contributed by atoms with Crippen LogP contribution in [0, 0.1) is 0 Å². The van der Waals surface area contributed by atoms with Crippen molar-refractivity contribution in [1.82, 2.24) is 0 Å². The molecule has 3 saturated heterocycles. The van der Waals surface area contributed by atoms with Gasteiger partial charge in [0.2, 0.25) is 0 Å². The monoisotopic (exact) mass is 170 g/mol. The second-order valence-electron chi connectivity index (χ2n) is 4.07. The first-order chi connectivity index (χ1) is 5.41. The molecule has 0 aromatic carbocycles. The van der Waals surface area contributed by atoms with E-state index in [-0.39, 0.29) is 10.0 Å². The molecule has 0 N–H and O–H groups in total. The molecule has 3 heterocycles. The molecule has 0 bridgehead atoms. The molecule has 0 aromatic rings. The molecule has 3 fully saturated rings. The van der Waals surface area contributed by atoms with Crippen LogP contribution in [0.4, 0.5) is 0 Å². The van der Waals surface area contributed by atoms with E-state index in [1.54, 1.807) is 5.75 Å². The van der Waals surface area contributed by atoms with Crippen molar-refractivity contribution in [1.29, 1.82) is 0 Å². The Labute approximate surface area is 68.9 Å². The summed E-state index contributed by atoms with van der Waals surface area (Å²) in [4.78, 5) is 10.0. The molecule has 1 spiro atoms. The summed E-state index contributed by atoms with van der Waals surface area (Å²) in [5.41, 5.74) is 0. The van der Waals surface area contributed by atoms with Crippen LogP contribution in [0.15, 0.2) is 0 Å². The van der Waals surface area contributed by atoms with Gasteiger partial charge < -0.3 is 4.79 Å². The summed E-state index contributed by atoms with van der Waals surface area (Å²) in [7, 11) is 0.200. The van der Waals surface area contributed by atoms with E-state index >= 15 is 0 Å². The van der Waals surface area contributed by atoms with Crippen LogP contribution in [0.1, 0.15) is 25.7 Å². The van der Waals surface area contributed by atoms with Crippen LogP contribution in [0.3, 0.4) is 0 Å². The van der Waals surface area contributed by atoms with Crippen LogP contribution in [-0.4, -0.2) is 27.8 Å². The standard InChI is InChI=1S/C9H14OS/c10-5-3-1-2-4-7-9-8-6-11(7,8)9/h5,7-9H,1-4,6H2. The van der Waals surface area contributed by atoms with E-state index in [1.165, 1.54) is 28.6 Å². The van der Waals surface area contributed by atoms with Gasteiger partial charge in [0.15, 0.2) is 0 Å². The van der Waals surface area contributed by atoms with Crippen molar-refractivity contribution < 1.29 is 4.79 Å². The number of hydrogen-bond donors (Lipinski definition) is 0. The molecule has 0 aromatic heterocycles. The lowest BCUT2D eigenvalue weighted by Gasteiger charge is -1.99.